The summed E-state index contributed by atoms with van der Waals surface area (Å²) < 4.78 is 0. The zero-order valence-corrected chi connectivity index (χ0v) is 13.8. The van der Waals surface area contributed by atoms with Crippen LogP contribution in [0.15, 0.2) is 77.8 Å². The molecule has 0 aliphatic heterocycles. The summed E-state index contributed by atoms with van der Waals surface area (Å²) >= 11 is 0. The molecule has 0 aromatic heterocycles. The van der Waals surface area contributed by atoms with Gasteiger partial charge in [0.1, 0.15) is 11.3 Å². The van der Waals surface area contributed by atoms with E-state index < -0.39 is 5.97 Å². The molecule has 0 bridgehead atoms. The second-order valence-electron chi connectivity index (χ2n) is 6.00. The molecule has 2 N–H and O–H groups in total. The van der Waals surface area contributed by atoms with Crippen molar-refractivity contribution in [2.24, 2.45) is 4.99 Å². The van der Waals surface area contributed by atoms with E-state index in [4.69, 9.17) is 5.11 Å². The second-order valence-corrected chi connectivity index (χ2v) is 6.00. The van der Waals surface area contributed by atoms with Crippen molar-refractivity contribution < 1.29 is 15.0 Å². The summed E-state index contributed by atoms with van der Waals surface area (Å²) in [4.78, 5) is 15.5. The molecule has 0 fully saturated rings. The van der Waals surface area contributed by atoms with Gasteiger partial charge in [0.15, 0.2) is 0 Å². The third-order valence-corrected chi connectivity index (χ3v) is 4.37. The van der Waals surface area contributed by atoms with Crippen molar-refractivity contribution in [1.29, 1.82) is 0 Å². The molecule has 4 aromatic rings. The summed E-state index contributed by atoms with van der Waals surface area (Å²) in [7, 11) is 0. The summed E-state index contributed by atoms with van der Waals surface area (Å²) in [5, 5.41) is 23.3. The molecule has 26 heavy (non-hydrogen) atoms. The number of phenols is 1. The van der Waals surface area contributed by atoms with E-state index in [1.807, 2.05) is 36.4 Å². The maximum Gasteiger partial charge on any atom is 0.339 e. The Morgan fingerprint density at radius 1 is 0.846 bits per heavy atom. The van der Waals surface area contributed by atoms with Crippen molar-refractivity contribution >= 4 is 39.4 Å². The van der Waals surface area contributed by atoms with Crippen LogP contribution < -0.4 is 0 Å². The smallest absolute Gasteiger partial charge is 0.339 e. The van der Waals surface area contributed by atoms with Gasteiger partial charge in [-0.1, -0.05) is 48.5 Å². The molecule has 126 valence electrons. The van der Waals surface area contributed by atoms with E-state index >= 15 is 0 Å². The fraction of sp³-hybridized carbons (Fsp3) is 0. The largest absolute Gasteiger partial charge is 0.507 e. The number of rotatable bonds is 3. The maximum atomic E-state index is 11.0. The Morgan fingerprint density at radius 2 is 1.46 bits per heavy atom. The highest BCUT2D eigenvalue weighted by Gasteiger charge is 2.09. The number of fused-ring (bicyclic) bond motifs is 2. The molecule has 0 atom stereocenters. The summed E-state index contributed by atoms with van der Waals surface area (Å²) in [6.07, 6.45) is 1.76. The quantitative estimate of drug-likeness (QED) is 0.400. The molecular formula is C22H15NO3. The lowest BCUT2D eigenvalue weighted by atomic mass is 9.97. The van der Waals surface area contributed by atoms with Crippen LogP contribution >= 0.6 is 0 Å². The first-order chi connectivity index (χ1) is 12.6. The van der Waals surface area contributed by atoms with Crippen LogP contribution in [0.2, 0.25) is 0 Å². The van der Waals surface area contributed by atoms with Crippen molar-refractivity contribution in [3.05, 3.63) is 83.9 Å². The lowest BCUT2D eigenvalue weighted by Gasteiger charge is -2.08. The van der Waals surface area contributed by atoms with Gasteiger partial charge in [-0.05, 0) is 39.7 Å². The minimum Gasteiger partial charge on any atom is -0.507 e. The van der Waals surface area contributed by atoms with Gasteiger partial charge in [0.25, 0.3) is 0 Å². The second kappa shape index (κ2) is 6.33. The highest BCUT2D eigenvalue weighted by molar-refractivity contribution is 6.13. The number of aliphatic imine (C=N–C) groups is 1. The summed E-state index contributed by atoms with van der Waals surface area (Å²) in [5.74, 6) is -1.46. The standard InChI is InChI=1S/C22H15NO3/c24-21-12-16(9-10-19(21)22(25)26)23-13-20-17-7-3-1-5-14(17)11-15-6-2-4-8-18(15)20/h1-13,24H,(H,25,26). The van der Waals surface area contributed by atoms with Gasteiger partial charge in [0.2, 0.25) is 0 Å². The number of benzene rings is 4. The molecule has 4 nitrogen and oxygen atoms in total. The van der Waals surface area contributed by atoms with Crippen LogP contribution in [0.25, 0.3) is 21.5 Å². The molecule has 0 saturated heterocycles. The number of carboxylic acid groups (broad SMARTS) is 1. The molecule has 0 saturated carbocycles. The van der Waals surface area contributed by atoms with Gasteiger partial charge in [0, 0.05) is 17.8 Å². The summed E-state index contributed by atoms with van der Waals surface area (Å²) in [6.45, 7) is 0. The van der Waals surface area contributed by atoms with E-state index in [0.29, 0.717) is 5.69 Å². The van der Waals surface area contributed by atoms with E-state index in [1.165, 1.54) is 12.1 Å². The van der Waals surface area contributed by atoms with Crippen LogP contribution in [0.1, 0.15) is 15.9 Å². The van der Waals surface area contributed by atoms with E-state index in [1.54, 1.807) is 12.3 Å². The third kappa shape index (κ3) is 2.78. The maximum absolute atomic E-state index is 11.0. The number of hydrogen-bond donors (Lipinski definition) is 2. The van der Waals surface area contributed by atoms with Crippen molar-refractivity contribution in [3.63, 3.8) is 0 Å². The van der Waals surface area contributed by atoms with Crippen LogP contribution in [0.5, 0.6) is 5.75 Å². The number of hydrogen-bond acceptors (Lipinski definition) is 3. The summed E-state index contributed by atoms with van der Waals surface area (Å²) in [5.41, 5.74) is 1.34. The monoisotopic (exact) mass is 341 g/mol. The van der Waals surface area contributed by atoms with Crippen LogP contribution in [-0.2, 0) is 0 Å². The Bertz CT molecular complexity index is 1120. The summed E-state index contributed by atoms with van der Waals surface area (Å²) in [6, 6.07) is 22.6. The number of aromatic carboxylic acids is 1. The van der Waals surface area contributed by atoms with Crippen molar-refractivity contribution in [3.8, 4) is 5.75 Å². The van der Waals surface area contributed by atoms with Crippen LogP contribution in [0.4, 0.5) is 5.69 Å². The molecule has 0 aliphatic carbocycles. The van der Waals surface area contributed by atoms with Gasteiger partial charge < -0.3 is 10.2 Å². The van der Waals surface area contributed by atoms with Crippen molar-refractivity contribution in [2.75, 3.05) is 0 Å². The fourth-order valence-corrected chi connectivity index (χ4v) is 3.11. The van der Waals surface area contributed by atoms with Crippen LogP contribution in [0.3, 0.4) is 0 Å². The van der Waals surface area contributed by atoms with Crippen molar-refractivity contribution in [1.82, 2.24) is 0 Å². The van der Waals surface area contributed by atoms with Gasteiger partial charge in [-0.3, -0.25) is 4.99 Å². The minimum absolute atomic E-state index is 0.139. The Morgan fingerprint density at radius 3 is 2.04 bits per heavy atom. The molecule has 4 heteroatoms. The molecule has 0 radical (unpaired) electrons. The molecule has 0 unspecified atom stereocenters. The van der Waals surface area contributed by atoms with Gasteiger partial charge in [0.05, 0.1) is 5.69 Å². The Hall–Kier alpha value is -3.66. The number of carbonyl (C=O) groups is 1. The first kappa shape index (κ1) is 15.8. The van der Waals surface area contributed by atoms with Gasteiger partial charge >= 0.3 is 5.97 Å². The predicted molar refractivity (Wildman–Crippen MR) is 104 cm³/mol. The highest BCUT2D eigenvalue weighted by Crippen LogP contribution is 2.29. The number of nitrogens with zero attached hydrogens (tertiary/aromatic N) is 1. The molecular weight excluding hydrogens is 326 g/mol. The van der Waals surface area contributed by atoms with Gasteiger partial charge in [-0.15, -0.1) is 0 Å². The third-order valence-electron chi connectivity index (χ3n) is 4.37. The van der Waals surface area contributed by atoms with Gasteiger partial charge in [-0.25, -0.2) is 4.79 Å². The first-order valence-electron chi connectivity index (χ1n) is 8.14. The highest BCUT2D eigenvalue weighted by atomic mass is 16.4. The van der Waals surface area contributed by atoms with Crippen LogP contribution in [0, 0.1) is 0 Å². The average molecular weight is 341 g/mol. The van der Waals surface area contributed by atoms with E-state index in [0.717, 1.165) is 27.1 Å². The normalized spacial score (nSPS) is 11.4. The SMILES string of the molecule is O=C(O)c1ccc(N=Cc2c3ccccc3cc3ccccc23)cc1O. The Balaban J connectivity index is 1.87. The van der Waals surface area contributed by atoms with E-state index in [-0.39, 0.29) is 11.3 Å². The predicted octanol–water partition coefficient (Wildman–Crippen LogP) is 5.15. The molecule has 4 rings (SSSR count). The molecule has 0 heterocycles. The van der Waals surface area contributed by atoms with Crippen molar-refractivity contribution in [2.45, 2.75) is 0 Å². The Labute approximate surface area is 149 Å². The Kier molecular flexibility index (Phi) is 3.86. The molecule has 4 aromatic carbocycles. The number of carboxylic acids is 1. The molecule has 0 amide bonds. The average Bonchev–Trinajstić information content (AvgIpc) is 2.65. The van der Waals surface area contributed by atoms with E-state index in [2.05, 4.69) is 23.2 Å². The number of aromatic hydroxyl groups is 1. The molecule has 0 aliphatic rings. The lowest BCUT2D eigenvalue weighted by molar-refractivity contribution is 0.0694. The first-order valence-corrected chi connectivity index (χ1v) is 8.14. The minimum atomic E-state index is -1.17. The lowest BCUT2D eigenvalue weighted by Crippen LogP contribution is -1.95. The molecule has 0 spiro atoms. The zero-order valence-electron chi connectivity index (χ0n) is 13.8. The van der Waals surface area contributed by atoms with Gasteiger partial charge in [-0.2, -0.15) is 0 Å². The zero-order chi connectivity index (χ0) is 18.1. The van der Waals surface area contributed by atoms with Crippen LogP contribution in [-0.4, -0.2) is 22.4 Å². The fourth-order valence-electron chi connectivity index (χ4n) is 3.11. The van der Waals surface area contributed by atoms with E-state index in [9.17, 15) is 9.90 Å². The topological polar surface area (TPSA) is 69.9 Å².